The summed E-state index contributed by atoms with van der Waals surface area (Å²) in [7, 11) is 0. The van der Waals surface area contributed by atoms with Crippen LogP contribution in [-0.2, 0) is 0 Å². The van der Waals surface area contributed by atoms with Crippen LogP contribution >= 0.6 is 0 Å². The highest BCUT2D eigenvalue weighted by atomic mass is 16.3. The summed E-state index contributed by atoms with van der Waals surface area (Å²) in [6.45, 7) is 1.30. The smallest absolute Gasteiger partial charge is 0.116 e. The van der Waals surface area contributed by atoms with Gasteiger partial charge in [-0.1, -0.05) is 51.4 Å². The van der Waals surface area contributed by atoms with Crippen LogP contribution in [0.15, 0.2) is 0 Å². The van der Waals surface area contributed by atoms with Crippen LogP contribution in [0.25, 0.3) is 0 Å². The molecule has 1 aliphatic rings. The molecule has 0 amide bonds. The molecule has 1 fully saturated rings. The largest absolute Gasteiger partial charge is 0.396 e. The molecule has 0 saturated heterocycles. The highest BCUT2D eigenvalue weighted by molar-refractivity contribution is 4.78. The van der Waals surface area contributed by atoms with E-state index in [-0.39, 0.29) is 0 Å². The SMILES string of the molecule is OCCCCCCCCCCNC1(O)CCCCCC1. The number of aliphatic hydroxyl groups is 2. The molecule has 0 bridgehead atoms. The fourth-order valence-corrected chi connectivity index (χ4v) is 3.11. The monoisotopic (exact) mass is 285 g/mol. The zero-order valence-electron chi connectivity index (χ0n) is 13.2. The lowest BCUT2D eigenvalue weighted by molar-refractivity contribution is -0.00906. The molecule has 3 nitrogen and oxygen atoms in total. The predicted octanol–water partition coefficient (Wildman–Crippen LogP) is 3.73. The predicted molar refractivity (Wildman–Crippen MR) is 84.7 cm³/mol. The lowest BCUT2D eigenvalue weighted by Gasteiger charge is -2.28. The van der Waals surface area contributed by atoms with Gasteiger partial charge >= 0.3 is 0 Å². The van der Waals surface area contributed by atoms with Crippen LogP contribution in [-0.4, -0.2) is 29.1 Å². The molecule has 1 saturated carbocycles. The maximum absolute atomic E-state index is 10.4. The van der Waals surface area contributed by atoms with Crippen LogP contribution < -0.4 is 5.32 Å². The number of nitrogens with one attached hydrogen (secondary N) is 1. The summed E-state index contributed by atoms with van der Waals surface area (Å²) in [5, 5.41) is 22.5. The van der Waals surface area contributed by atoms with Crippen molar-refractivity contribution >= 4 is 0 Å². The second-order valence-corrected chi connectivity index (χ2v) is 6.42. The van der Waals surface area contributed by atoms with Crippen LogP contribution in [0.4, 0.5) is 0 Å². The summed E-state index contributed by atoms with van der Waals surface area (Å²) in [6.07, 6.45) is 16.5. The van der Waals surface area contributed by atoms with E-state index in [1.54, 1.807) is 0 Å². The third-order valence-corrected chi connectivity index (χ3v) is 4.47. The summed E-state index contributed by atoms with van der Waals surface area (Å²) in [5.74, 6) is 0. The van der Waals surface area contributed by atoms with Crippen molar-refractivity contribution in [2.45, 2.75) is 95.6 Å². The number of aliphatic hydroxyl groups excluding tert-OH is 1. The van der Waals surface area contributed by atoms with Gasteiger partial charge in [0.2, 0.25) is 0 Å². The number of hydrogen-bond donors (Lipinski definition) is 3. The van der Waals surface area contributed by atoms with Crippen molar-refractivity contribution in [3.8, 4) is 0 Å². The van der Waals surface area contributed by atoms with Crippen LogP contribution in [0.5, 0.6) is 0 Å². The minimum atomic E-state index is -0.569. The van der Waals surface area contributed by atoms with Gasteiger partial charge in [-0.3, -0.25) is 5.32 Å². The molecule has 0 aromatic carbocycles. The molecule has 1 rings (SSSR count). The van der Waals surface area contributed by atoms with E-state index in [4.69, 9.17) is 5.11 Å². The van der Waals surface area contributed by atoms with E-state index in [2.05, 4.69) is 5.32 Å². The van der Waals surface area contributed by atoms with E-state index in [0.29, 0.717) is 6.61 Å². The highest BCUT2D eigenvalue weighted by Crippen LogP contribution is 2.24. The average Bonchev–Trinajstić information content (AvgIpc) is 2.66. The average molecular weight is 285 g/mol. The topological polar surface area (TPSA) is 52.5 Å². The molecule has 0 aromatic rings. The number of hydrogen-bond acceptors (Lipinski definition) is 3. The molecule has 0 aliphatic heterocycles. The lowest BCUT2D eigenvalue weighted by Crippen LogP contribution is -2.45. The molecule has 1 aliphatic carbocycles. The summed E-state index contributed by atoms with van der Waals surface area (Å²) in [4.78, 5) is 0. The van der Waals surface area contributed by atoms with Crippen molar-refractivity contribution in [2.75, 3.05) is 13.2 Å². The first-order chi connectivity index (χ1) is 9.77. The normalized spacial score (nSPS) is 18.9. The Hall–Kier alpha value is -0.120. The van der Waals surface area contributed by atoms with Gasteiger partial charge in [0.1, 0.15) is 5.72 Å². The molecule has 0 unspecified atom stereocenters. The fraction of sp³-hybridized carbons (Fsp3) is 1.00. The van der Waals surface area contributed by atoms with E-state index in [9.17, 15) is 5.11 Å². The molecule has 0 aromatic heterocycles. The van der Waals surface area contributed by atoms with Crippen molar-refractivity contribution in [2.24, 2.45) is 0 Å². The van der Waals surface area contributed by atoms with Gasteiger partial charge in [0.25, 0.3) is 0 Å². The molecule has 3 N–H and O–H groups in total. The molecule has 0 radical (unpaired) electrons. The molecule has 3 heteroatoms. The maximum Gasteiger partial charge on any atom is 0.116 e. The van der Waals surface area contributed by atoms with Gasteiger partial charge in [-0.2, -0.15) is 0 Å². The van der Waals surface area contributed by atoms with Crippen molar-refractivity contribution in [3.05, 3.63) is 0 Å². The van der Waals surface area contributed by atoms with Crippen molar-refractivity contribution in [1.82, 2.24) is 5.32 Å². The molecule has 0 spiro atoms. The molecule has 0 atom stereocenters. The summed E-state index contributed by atoms with van der Waals surface area (Å²) in [6, 6.07) is 0. The van der Waals surface area contributed by atoms with Gasteiger partial charge in [-0.15, -0.1) is 0 Å². The van der Waals surface area contributed by atoms with Crippen LogP contribution in [0.3, 0.4) is 0 Å². The first kappa shape index (κ1) is 17.9. The maximum atomic E-state index is 10.4. The van der Waals surface area contributed by atoms with Crippen molar-refractivity contribution in [3.63, 3.8) is 0 Å². The van der Waals surface area contributed by atoms with Gasteiger partial charge in [-0.05, 0) is 45.1 Å². The first-order valence-corrected chi connectivity index (χ1v) is 8.85. The van der Waals surface area contributed by atoms with Gasteiger partial charge in [-0.25, -0.2) is 0 Å². The van der Waals surface area contributed by atoms with E-state index < -0.39 is 5.72 Å². The Balaban J connectivity index is 1.88. The van der Waals surface area contributed by atoms with Crippen molar-refractivity contribution < 1.29 is 10.2 Å². The fourth-order valence-electron chi connectivity index (χ4n) is 3.11. The Morgan fingerprint density at radius 1 is 0.700 bits per heavy atom. The molecular weight excluding hydrogens is 250 g/mol. The van der Waals surface area contributed by atoms with Crippen LogP contribution in [0, 0.1) is 0 Å². The zero-order chi connectivity index (χ0) is 14.5. The molecule has 0 heterocycles. The molecule has 20 heavy (non-hydrogen) atoms. The van der Waals surface area contributed by atoms with E-state index >= 15 is 0 Å². The zero-order valence-corrected chi connectivity index (χ0v) is 13.2. The Bertz CT molecular complexity index is 213. The second-order valence-electron chi connectivity index (χ2n) is 6.42. The molecular formula is C17H35NO2. The summed E-state index contributed by atoms with van der Waals surface area (Å²) >= 11 is 0. The van der Waals surface area contributed by atoms with Gasteiger partial charge < -0.3 is 10.2 Å². The van der Waals surface area contributed by atoms with Gasteiger partial charge in [0.05, 0.1) is 0 Å². The third-order valence-electron chi connectivity index (χ3n) is 4.47. The lowest BCUT2D eigenvalue weighted by atomic mass is 10.0. The van der Waals surface area contributed by atoms with Crippen molar-refractivity contribution in [1.29, 1.82) is 0 Å². The van der Waals surface area contributed by atoms with Gasteiger partial charge in [0, 0.05) is 6.61 Å². The minimum Gasteiger partial charge on any atom is -0.396 e. The Labute approximate surface area is 125 Å². The van der Waals surface area contributed by atoms with E-state index in [0.717, 1.165) is 38.6 Å². The van der Waals surface area contributed by atoms with Gasteiger partial charge in [0.15, 0.2) is 0 Å². The third kappa shape index (κ3) is 8.93. The quantitative estimate of drug-likeness (QED) is 0.308. The van der Waals surface area contributed by atoms with E-state index in [1.807, 2.05) is 0 Å². The number of rotatable bonds is 11. The second kappa shape index (κ2) is 11.5. The minimum absolute atomic E-state index is 0.342. The first-order valence-electron chi connectivity index (χ1n) is 8.85. The van der Waals surface area contributed by atoms with E-state index in [1.165, 1.54) is 57.8 Å². The molecule has 120 valence electrons. The Morgan fingerprint density at radius 3 is 1.75 bits per heavy atom. The highest BCUT2D eigenvalue weighted by Gasteiger charge is 2.26. The standard InChI is InChI=1S/C17H35NO2/c19-16-12-8-4-2-1-3-7-11-15-18-17(20)13-9-5-6-10-14-17/h18-20H,1-16H2. The summed E-state index contributed by atoms with van der Waals surface area (Å²) in [5.41, 5.74) is -0.569. The summed E-state index contributed by atoms with van der Waals surface area (Å²) < 4.78 is 0. The Morgan fingerprint density at radius 2 is 1.20 bits per heavy atom. The van der Waals surface area contributed by atoms with Crippen LogP contribution in [0.2, 0.25) is 0 Å². The van der Waals surface area contributed by atoms with Crippen LogP contribution in [0.1, 0.15) is 89.9 Å². The Kier molecular flexibility index (Phi) is 10.3. The number of unbranched alkanes of at least 4 members (excludes halogenated alkanes) is 7.